The number of amides is 1. The highest BCUT2D eigenvalue weighted by Crippen LogP contribution is 2.44. The Hall–Kier alpha value is -3.34. The number of alkyl halides is 3. The lowest BCUT2D eigenvalue weighted by atomic mass is 9.97. The second kappa shape index (κ2) is 5.83. The van der Waals surface area contributed by atoms with Crippen LogP contribution in [0, 0.1) is 0 Å². The number of halogens is 3. The van der Waals surface area contributed by atoms with Crippen molar-refractivity contribution >= 4 is 22.6 Å². The van der Waals surface area contributed by atoms with E-state index in [0.29, 0.717) is 0 Å². The highest BCUT2D eigenvalue weighted by molar-refractivity contribution is 6.04. The van der Waals surface area contributed by atoms with Gasteiger partial charge in [-0.1, -0.05) is 18.2 Å². The zero-order chi connectivity index (χ0) is 20.3. The molecule has 0 spiro atoms. The number of H-pyrrole nitrogens is 2. The first-order valence-electron chi connectivity index (χ1n) is 8.17. The zero-order valence-electron chi connectivity index (χ0n) is 14.1. The van der Waals surface area contributed by atoms with E-state index in [2.05, 4.69) is 4.98 Å². The molecule has 1 aliphatic heterocycles. The van der Waals surface area contributed by atoms with Crippen LogP contribution in [0.2, 0.25) is 0 Å². The summed E-state index contributed by atoms with van der Waals surface area (Å²) < 4.78 is 40.8. The maximum absolute atomic E-state index is 13.3. The van der Waals surface area contributed by atoms with Crippen LogP contribution < -0.4 is 16.6 Å². The molecule has 0 aliphatic carbocycles. The van der Waals surface area contributed by atoms with E-state index in [1.807, 2.05) is 29.6 Å². The summed E-state index contributed by atoms with van der Waals surface area (Å²) >= 11 is 0. The van der Waals surface area contributed by atoms with Gasteiger partial charge in [0.1, 0.15) is 11.4 Å². The number of para-hydroxylation sites is 1. The topological polar surface area (TPSA) is 120 Å². The van der Waals surface area contributed by atoms with Crippen molar-refractivity contribution in [2.45, 2.75) is 24.7 Å². The number of aliphatic hydroxyl groups is 1. The van der Waals surface area contributed by atoms with E-state index in [9.17, 15) is 32.7 Å². The number of nitrogens with one attached hydrogen (secondary N) is 3. The lowest BCUT2D eigenvalue weighted by molar-refractivity contribution is -0.252. The van der Waals surface area contributed by atoms with Crippen LogP contribution >= 0.6 is 0 Å². The van der Waals surface area contributed by atoms with E-state index < -0.39 is 40.3 Å². The fourth-order valence-corrected chi connectivity index (χ4v) is 3.40. The smallest absolute Gasteiger partial charge is 0.368 e. The molecule has 0 saturated carbocycles. The fourth-order valence-electron chi connectivity index (χ4n) is 3.40. The van der Waals surface area contributed by atoms with Gasteiger partial charge in [0.2, 0.25) is 0 Å². The van der Waals surface area contributed by atoms with E-state index in [0.717, 1.165) is 21.0 Å². The predicted molar refractivity (Wildman–Crippen MR) is 91.9 cm³/mol. The minimum Gasteiger partial charge on any atom is -0.368 e. The van der Waals surface area contributed by atoms with Crippen molar-refractivity contribution in [3.05, 3.63) is 62.4 Å². The number of aromatic nitrogens is 3. The zero-order valence-corrected chi connectivity index (χ0v) is 14.1. The van der Waals surface area contributed by atoms with Crippen molar-refractivity contribution in [3.63, 3.8) is 0 Å². The summed E-state index contributed by atoms with van der Waals surface area (Å²) in [4.78, 5) is 40.8. The summed E-state index contributed by atoms with van der Waals surface area (Å²) in [5.74, 6) is -2.48. The summed E-state index contributed by atoms with van der Waals surface area (Å²) in [7, 11) is 0. The number of nitrogens with zero attached hydrogens (tertiary/aromatic N) is 1. The van der Waals surface area contributed by atoms with Gasteiger partial charge in [0, 0.05) is 23.6 Å². The van der Waals surface area contributed by atoms with E-state index in [-0.39, 0.29) is 13.0 Å². The molecule has 1 aromatic carbocycles. The Balaban J connectivity index is 1.79. The van der Waals surface area contributed by atoms with E-state index in [1.165, 1.54) is 0 Å². The Morgan fingerprint density at radius 1 is 1.14 bits per heavy atom. The highest BCUT2D eigenvalue weighted by Gasteiger charge is 2.66. The summed E-state index contributed by atoms with van der Waals surface area (Å²) in [5.41, 5.74) is -6.08. The molecule has 28 heavy (non-hydrogen) atoms. The molecule has 0 fully saturated rings. The average molecular weight is 394 g/mol. The van der Waals surface area contributed by atoms with Gasteiger partial charge in [-0.3, -0.25) is 19.1 Å². The molecule has 4 N–H and O–H groups in total. The van der Waals surface area contributed by atoms with Gasteiger partial charge in [-0.05, 0) is 18.1 Å². The fraction of sp³-hybridized carbons (Fsp3) is 0.235. The van der Waals surface area contributed by atoms with Crippen molar-refractivity contribution < 1.29 is 23.1 Å². The third-order valence-electron chi connectivity index (χ3n) is 4.81. The van der Waals surface area contributed by atoms with Gasteiger partial charge in [-0.25, -0.2) is 4.79 Å². The Labute approximate surface area is 153 Å². The van der Waals surface area contributed by atoms with Crippen LogP contribution in [0.25, 0.3) is 10.9 Å². The van der Waals surface area contributed by atoms with Crippen molar-refractivity contribution in [3.8, 4) is 0 Å². The van der Waals surface area contributed by atoms with Crippen LogP contribution in [0.1, 0.15) is 11.1 Å². The number of aromatic amines is 2. The van der Waals surface area contributed by atoms with E-state index in [4.69, 9.17) is 0 Å². The maximum Gasteiger partial charge on any atom is 0.431 e. The first-order valence-corrected chi connectivity index (χ1v) is 8.17. The van der Waals surface area contributed by atoms with Crippen LogP contribution in [0.3, 0.4) is 0 Å². The predicted octanol–water partition coefficient (Wildman–Crippen LogP) is 0.963. The third-order valence-corrected chi connectivity index (χ3v) is 4.81. The highest BCUT2D eigenvalue weighted by atomic mass is 19.4. The normalized spacial score (nSPS) is 19.1. The Morgan fingerprint density at radius 2 is 1.86 bits per heavy atom. The molecule has 146 valence electrons. The van der Waals surface area contributed by atoms with Crippen molar-refractivity contribution in [2.24, 2.45) is 0 Å². The van der Waals surface area contributed by atoms with Gasteiger partial charge in [0.15, 0.2) is 0 Å². The van der Waals surface area contributed by atoms with Crippen LogP contribution in [0.4, 0.5) is 19.0 Å². The number of benzene rings is 1. The third kappa shape index (κ3) is 2.39. The van der Waals surface area contributed by atoms with E-state index in [1.54, 1.807) is 11.2 Å². The second-order valence-corrected chi connectivity index (χ2v) is 6.41. The summed E-state index contributed by atoms with van der Waals surface area (Å²) in [6, 6.07) is 7.32. The Kier molecular flexibility index (Phi) is 3.76. The van der Waals surface area contributed by atoms with Gasteiger partial charge < -0.3 is 15.4 Å². The molecular weight excluding hydrogens is 381 g/mol. The largest absolute Gasteiger partial charge is 0.431 e. The number of aryl methyl sites for hydroxylation is 1. The van der Waals surface area contributed by atoms with Crippen LogP contribution in [0.15, 0.2) is 40.1 Å². The minimum atomic E-state index is -5.44. The molecule has 1 amide bonds. The summed E-state index contributed by atoms with van der Waals surface area (Å²) in [6.07, 6.45) is -3.51. The Morgan fingerprint density at radius 3 is 2.57 bits per heavy atom. The van der Waals surface area contributed by atoms with Gasteiger partial charge in [-0.15, -0.1) is 0 Å². The SMILES string of the molecule is O=C1Nc2c(c(=O)[nH]c(=O)n2CCc2c[nH]c3ccccc23)C1(O)C(F)(F)F. The second-order valence-electron chi connectivity index (χ2n) is 6.41. The summed E-state index contributed by atoms with van der Waals surface area (Å²) in [6.45, 7) is -0.131. The van der Waals surface area contributed by atoms with Crippen molar-refractivity contribution in [2.75, 3.05) is 5.32 Å². The standard InChI is InChI=1S/C17H13F3N4O4/c18-17(19,20)16(28)11-12(22-14(16)26)24(15(27)23-13(11)25)6-5-8-7-21-10-4-2-1-3-9(8)10/h1-4,7,21,28H,5-6H2,(H,22,26)(H,23,25,27). The number of carbonyl (C=O) groups is 1. The molecule has 0 radical (unpaired) electrons. The molecule has 3 aromatic rings. The maximum atomic E-state index is 13.3. The summed E-state index contributed by atoms with van der Waals surface area (Å²) in [5, 5.41) is 12.7. The molecule has 11 heteroatoms. The van der Waals surface area contributed by atoms with Crippen LogP contribution in [-0.2, 0) is 23.4 Å². The number of fused-ring (bicyclic) bond motifs is 2. The first kappa shape index (κ1) is 18.0. The van der Waals surface area contributed by atoms with Gasteiger partial charge >= 0.3 is 11.9 Å². The molecule has 1 atom stereocenters. The molecule has 4 rings (SSSR count). The molecule has 2 aromatic heterocycles. The van der Waals surface area contributed by atoms with Crippen molar-refractivity contribution in [1.29, 1.82) is 0 Å². The molecule has 1 aliphatic rings. The van der Waals surface area contributed by atoms with Gasteiger partial charge in [0.05, 0.1) is 0 Å². The van der Waals surface area contributed by atoms with Crippen LogP contribution in [0.5, 0.6) is 0 Å². The first-order chi connectivity index (χ1) is 13.1. The average Bonchev–Trinajstić information content (AvgIpc) is 3.14. The number of carbonyl (C=O) groups excluding carboxylic acids is 1. The van der Waals surface area contributed by atoms with Crippen LogP contribution in [-0.4, -0.2) is 31.7 Å². The molecule has 3 heterocycles. The number of hydrogen-bond donors (Lipinski definition) is 4. The quantitative estimate of drug-likeness (QED) is 0.529. The molecule has 0 bridgehead atoms. The monoisotopic (exact) mass is 394 g/mol. The van der Waals surface area contributed by atoms with E-state index >= 15 is 0 Å². The van der Waals surface area contributed by atoms with Gasteiger partial charge in [-0.2, -0.15) is 13.2 Å². The lowest BCUT2D eigenvalue weighted by Crippen LogP contribution is -2.50. The number of hydrogen-bond acceptors (Lipinski definition) is 4. The minimum absolute atomic E-state index is 0.131. The Bertz CT molecular complexity index is 1220. The lowest BCUT2D eigenvalue weighted by Gasteiger charge is -2.22. The molecule has 8 nitrogen and oxygen atoms in total. The number of anilines is 1. The number of rotatable bonds is 3. The molecular formula is C17H13F3N4O4. The van der Waals surface area contributed by atoms with Crippen molar-refractivity contribution in [1.82, 2.24) is 14.5 Å². The molecule has 0 saturated heterocycles. The molecule has 1 unspecified atom stereocenters. The van der Waals surface area contributed by atoms with Gasteiger partial charge in [0.25, 0.3) is 17.1 Å².